The summed E-state index contributed by atoms with van der Waals surface area (Å²) in [6.07, 6.45) is 0.753. The fourth-order valence-electron chi connectivity index (χ4n) is 2.56. The number of hydrogen-bond donors (Lipinski definition) is 2. The first kappa shape index (κ1) is 21.4. The molecule has 2 N–H and O–H groups in total. The van der Waals surface area contributed by atoms with E-state index in [1.165, 1.54) is 13.2 Å². The second kappa shape index (κ2) is 9.32. The molecule has 0 unspecified atom stereocenters. The number of hydrogen-bond acceptors (Lipinski definition) is 5. The number of nitrogens with zero attached hydrogens (tertiary/aromatic N) is 1. The molecule has 0 saturated carbocycles. The number of amides is 2. The van der Waals surface area contributed by atoms with Crippen LogP contribution in [-0.2, 0) is 4.74 Å². The monoisotopic (exact) mass is 403 g/mol. The van der Waals surface area contributed by atoms with Crippen molar-refractivity contribution < 1.29 is 19.1 Å². The third-order valence-corrected chi connectivity index (χ3v) is 4.34. The van der Waals surface area contributed by atoms with Crippen molar-refractivity contribution in [2.45, 2.75) is 27.2 Å². The number of methoxy groups -OCH3 is 1. The largest absolute Gasteiger partial charge is 0.465 e. The van der Waals surface area contributed by atoms with Gasteiger partial charge in [-0.3, -0.25) is 9.59 Å². The molecule has 0 bridgehead atoms. The van der Waals surface area contributed by atoms with E-state index in [4.69, 9.17) is 16.3 Å². The van der Waals surface area contributed by atoms with Crippen LogP contribution < -0.4 is 10.6 Å². The normalized spacial score (nSPS) is 10.3. The average Bonchev–Trinajstić information content (AvgIpc) is 2.68. The maximum absolute atomic E-state index is 12.9. The van der Waals surface area contributed by atoms with Gasteiger partial charge in [0.15, 0.2) is 0 Å². The number of ether oxygens (including phenoxy) is 1. The summed E-state index contributed by atoms with van der Waals surface area (Å²) in [5, 5.41) is 5.54. The highest BCUT2D eigenvalue weighted by atomic mass is 35.5. The second-order valence-corrected chi connectivity index (χ2v) is 6.57. The quantitative estimate of drug-likeness (QED) is 0.719. The number of aryl methyl sites for hydroxylation is 2. The first-order chi connectivity index (χ1) is 13.3. The molecular formula is C20H22ClN3O4. The van der Waals surface area contributed by atoms with Crippen LogP contribution in [0.4, 0.5) is 5.69 Å². The Labute approximate surface area is 168 Å². The maximum atomic E-state index is 12.9. The van der Waals surface area contributed by atoms with Crippen LogP contribution in [0.1, 0.15) is 55.8 Å². The van der Waals surface area contributed by atoms with Crippen molar-refractivity contribution in [3.8, 4) is 0 Å². The Bertz CT molecular complexity index is 928. The van der Waals surface area contributed by atoms with Gasteiger partial charge in [0.25, 0.3) is 11.8 Å². The molecule has 148 valence electrons. The molecule has 2 rings (SSSR count). The van der Waals surface area contributed by atoms with Gasteiger partial charge in [-0.15, -0.1) is 0 Å². The van der Waals surface area contributed by atoms with Gasteiger partial charge in [-0.2, -0.15) is 0 Å². The molecule has 0 saturated heterocycles. The number of pyridine rings is 1. The zero-order valence-electron chi connectivity index (χ0n) is 16.2. The smallest absolute Gasteiger partial charge is 0.341 e. The molecule has 28 heavy (non-hydrogen) atoms. The van der Waals surface area contributed by atoms with Crippen molar-refractivity contribution in [1.29, 1.82) is 0 Å². The molecule has 0 fully saturated rings. The number of carbonyl (C=O) groups excluding carboxylic acids is 3. The minimum atomic E-state index is -0.674. The van der Waals surface area contributed by atoms with E-state index < -0.39 is 17.8 Å². The summed E-state index contributed by atoms with van der Waals surface area (Å²) in [5.41, 5.74) is 1.61. The van der Waals surface area contributed by atoms with Gasteiger partial charge < -0.3 is 15.4 Å². The minimum absolute atomic E-state index is 0.0187. The summed E-state index contributed by atoms with van der Waals surface area (Å²) in [6.45, 7) is 5.85. The number of benzene rings is 1. The van der Waals surface area contributed by atoms with Crippen LogP contribution in [0.15, 0.2) is 24.3 Å². The average molecular weight is 404 g/mol. The van der Waals surface area contributed by atoms with Crippen molar-refractivity contribution in [2.24, 2.45) is 0 Å². The molecule has 7 nitrogen and oxygen atoms in total. The lowest BCUT2D eigenvalue weighted by Crippen LogP contribution is -2.29. The van der Waals surface area contributed by atoms with E-state index in [2.05, 4.69) is 15.6 Å². The molecule has 2 amide bonds. The van der Waals surface area contributed by atoms with Gasteiger partial charge >= 0.3 is 5.97 Å². The van der Waals surface area contributed by atoms with Crippen LogP contribution in [0.3, 0.4) is 0 Å². The zero-order valence-corrected chi connectivity index (χ0v) is 16.9. The molecule has 0 atom stereocenters. The SMILES string of the molecule is CCCNC(=O)c1nc(C)ccc1C(=O)Nc1c(C)ccc(Cl)c1C(=O)OC. The fourth-order valence-corrected chi connectivity index (χ4v) is 2.79. The molecule has 0 aliphatic heterocycles. The predicted octanol–water partition coefficient (Wildman–Crippen LogP) is 3.53. The Morgan fingerprint density at radius 1 is 1.11 bits per heavy atom. The van der Waals surface area contributed by atoms with Crippen molar-refractivity contribution in [3.05, 3.63) is 57.4 Å². The number of nitrogens with one attached hydrogen (secondary N) is 2. The minimum Gasteiger partial charge on any atom is -0.465 e. The molecular weight excluding hydrogens is 382 g/mol. The van der Waals surface area contributed by atoms with E-state index in [9.17, 15) is 14.4 Å². The molecule has 1 heterocycles. The van der Waals surface area contributed by atoms with E-state index in [1.54, 1.807) is 32.0 Å². The van der Waals surface area contributed by atoms with Gasteiger partial charge in [-0.05, 0) is 44.0 Å². The van der Waals surface area contributed by atoms with Crippen LogP contribution in [-0.4, -0.2) is 36.4 Å². The van der Waals surface area contributed by atoms with Crippen LogP contribution in [0.2, 0.25) is 5.02 Å². The summed E-state index contributed by atoms with van der Waals surface area (Å²) in [4.78, 5) is 41.7. The Hall–Kier alpha value is -2.93. The van der Waals surface area contributed by atoms with Crippen molar-refractivity contribution in [3.63, 3.8) is 0 Å². The topological polar surface area (TPSA) is 97.4 Å². The lowest BCUT2D eigenvalue weighted by Gasteiger charge is -2.15. The van der Waals surface area contributed by atoms with Gasteiger partial charge in [0.2, 0.25) is 0 Å². The molecule has 0 spiro atoms. The summed E-state index contributed by atoms with van der Waals surface area (Å²) in [5.74, 6) is -1.69. The zero-order chi connectivity index (χ0) is 20.8. The third kappa shape index (κ3) is 4.67. The van der Waals surface area contributed by atoms with Crippen LogP contribution in [0.25, 0.3) is 0 Å². The fraction of sp³-hybridized carbons (Fsp3) is 0.300. The summed E-state index contributed by atoms with van der Waals surface area (Å²) in [6, 6.07) is 6.39. The van der Waals surface area contributed by atoms with Gasteiger partial charge in [-0.1, -0.05) is 24.6 Å². The van der Waals surface area contributed by atoms with Gasteiger partial charge in [0.05, 0.1) is 23.4 Å². The standard InChI is InChI=1S/C20H22ClN3O4/c1-5-10-22-19(26)17-13(8-7-12(3)23-17)18(25)24-16-11(2)6-9-14(21)15(16)20(27)28-4/h6-9H,5,10H2,1-4H3,(H,22,26)(H,24,25). The van der Waals surface area contributed by atoms with Crippen LogP contribution in [0, 0.1) is 13.8 Å². The molecule has 2 aromatic rings. The van der Waals surface area contributed by atoms with Crippen molar-refractivity contribution >= 4 is 35.1 Å². The highest BCUT2D eigenvalue weighted by Gasteiger charge is 2.23. The Morgan fingerprint density at radius 3 is 2.46 bits per heavy atom. The van der Waals surface area contributed by atoms with Crippen molar-refractivity contribution in [1.82, 2.24) is 10.3 Å². The number of rotatable bonds is 6. The van der Waals surface area contributed by atoms with E-state index >= 15 is 0 Å². The third-order valence-electron chi connectivity index (χ3n) is 4.02. The first-order valence-corrected chi connectivity index (χ1v) is 9.12. The molecule has 1 aromatic heterocycles. The Morgan fingerprint density at radius 2 is 1.82 bits per heavy atom. The molecule has 0 radical (unpaired) electrons. The lowest BCUT2D eigenvalue weighted by molar-refractivity contribution is 0.0602. The van der Waals surface area contributed by atoms with E-state index in [0.717, 1.165) is 6.42 Å². The number of halogens is 1. The lowest BCUT2D eigenvalue weighted by atomic mass is 10.1. The van der Waals surface area contributed by atoms with E-state index in [-0.39, 0.29) is 27.5 Å². The number of carbonyl (C=O) groups is 3. The van der Waals surface area contributed by atoms with Gasteiger partial charge in [-0.25, -0.2) is 9.78 Å². The number of aromatic nitrogens is 1. The van der Waals surface area contributed by atoms with Crippen molar-refractivity contribution in [2.75, 3.05) is 19.0 Å². The highest BCUT2D eigenvalue weighted by Crippen LogP contribution is 2.29. The summed E-state index contributed by atoms with van der Waals surface area (Å²) < 4.78 is 4.77. The van der Waals surface area contributed by atoms with Gasteiger partial charge in [0, 0.05) is 12.2 Å². The molecule has 0 aliphatic rings. The Balaban J connectivity index is 2.46. The molecule has 1 aromatic carbocycles. The maximum Gasteiger partial charge on any atom is 0.341 e. The van der Waals surface area contributed by atoms with E-state index in [1.807, 2.05) is 6.92 Å². The predicted molar refractivity (Wildman–Crippen MR) is 107 cm³/mol. The van der Waals surface area contributed by atoms with Gasteiger partial charge in [0.1, 0.15) is 11.3 Å². The highest BCUT2D eigenvalue weighted by molar-refractivity contribution is 6.34. The molecule has 8 heteroatoms. The summed E-state index contributed by atoms with van der Waals surface area (Å²) in [7, 11) is 1.23. The summed E-state index contributed by atoms with van der Waals surface area (Å²) >= 11 is 6.14. The second-order valence-electron chi connectivity index (χ2n) is 6.16. The number of anilines is 1. The van der Waals surface area contributed by atoms with Crippen LogP contribution in [0.5, 0.6) is 0 Å². The number of esters is 1. The Kier molecular flexibility index (Phi) is 7.12. The molecule has 0 aliphatic carbocycles. The van der Waals surface area contributed by atoms with E-state index in [0.29, 0.717) is 17.8 Å². The van der Waals surface area contributed by atoms with Crippen LogP contribution >= 0.6 is 11.6 Å². The first-order valence-electron chi connectivity index (χ1n) is 8.74.